The molecule has 1 aromatic rings. The summed E-state index contributed by atoms with van der Waals surface area (Å²) in [4.78, 5) is 0.263. The van der Waals surface area contributed by atoms with Crippen molar-refractivity contribution in [3.05, 3.63) is 29.8 Å². The van der Waals surface area contributed by atoms with Crippen LogP contribution in [0, 0.1) is 11.8 Å². The van der Waals surface area contributed by atoms with E-state index in [9.17, 15) is 8.42 Å². The number of nitrogens with zero attached hydrogens (tertiary/aromatic N) is 1. The molecule has 0 radical (unpaired) electrons. The van der Waals surface area contributed by atoms with Gasteiger partial charge in [0.05, 0.1) is 11.5 Å². The minimum Gasteiger partial charge on any atom is -0.395 e. The van der Waals surface area contributed by atoms with E-state index in [0.29, 0.717) is 13.0 Å². The Labute approximate surface area is 108 Å². The zero-order chi connectivity index (χ0) is 13.6. The molecule has 1 N–H and O–H groups in total. The molecule has 0 saturated carbocycles. The van der Waals surface area contributed by atoms with Crippen molar-refractivity contribution in [2.24, 2.45) is 0 Å². The Bertz CT molecular complexity index is 538. The third-order valence-corrected chi connectivity index (χ3v) is 4.42. The molecule has 1 aromatic carbocycles. The highest BCUT2D eigenvalue weighted by Gasteiger charge is 2.18. The van der Waals surface area contributed by atoms with Gasteiger partial charge in [0.15, 0.2) is 0 Å². The Kier molecular flexibility index (Phi) is 5.35. The Morgan fingerprint density at radius 1 is 1.28 bits per heavy atom. The van der Waals surface area contributed by atoms with Crippen LogP contribution < -0.4 is 0 Å². The molecule has 98 valence electrons. The second kappa shape index (κ2) is 6.55. The van der Waals surface area contributed by atoms with Gasteiger partial charge in [-0.15, -0.1) is 0 Å². The van der Waals surface area contributed by atoms with Crippen molar-refractivity contribution in [3.63, 3.8) is 0 Å². The molecule has 0 bridgehead atoms. The van der Waals surface area contributed by atoms with E-state index in [0.717, 1.165) is 5.56 Å². The molecule has 0 spiro atoms. The molecule has 0 heterocycles. The van der Waals surface area contributed by atoms with Crippen LogP contribution >= 0.6 is 0 Å². The van der Waals surface area contributed by atoms with Gasteiger partial charge in [-0.1, -0.05) is 18.8 Å². The zero-order valence-corrected chi connectivity index (χ0v) is 11.4. The predicted molar refractivity (Wildman–Crippen MR) is 70.5 cm³/mol. The number of aliphatic hydroxyl groups is 1. The van der Waals surface area contributed by atoms with Gasteiger partial charge in [-0.3, -0.25) is 0 Å². The number of rotatable bonds is 4. The highest BCUT2D eigenvalue weighted by molar-refractivity contribution is 7.89. The zero-order valence-electron chi connectivity index (χ0n) is 10.5. The quantitative estimate of drug-likeness (QED) is 0.830. The van der Waals surface area contributed by atoms with E-state index in [4.69, 9.17) is 5.11 Å². The molecule has 0 saturated heterocycles. The fourth-order valence-electron chi connectivity index (χ4n) is 1.28. The first kappa shape index (κ1) is 14.7. The molecule has 0 atom stereocenters. The molecule has 5 heteroatoms. The Hall–Kier alpha value is -1.35. The fourth-order valence-corrected chi connectivity index (χ4v) is 2.46. The van der Waals surface area contributed by atoms with Crippen molar-refractivity contribution in [3.8, 4) is 11.8 Å². The van der Waals surface area contributed by atoms with Gasteiger partial charge in [0.2, 0.25) is 10.0 Å². The third-order valence-electron chi connectivity index (χ3n) is 2.48. The smallest absolute Gasteiger partial charge is 0.242 e. The maximum Gasteiger partial charge on any atom is 0.242 e. The van der Waals surface area contributed by atoms with Crippen LogP contribution in [0.3, 0.4) is 0 Å². The van der Waals surface area contributed by atoms with Crippen molar-refractivity contribution >= 4 is 10.0 Å². The van der Waals surface area contributed by atoms with Crippen LogP contribution in [-0.4, -0.2) is 38.0 Å². The van der Waals surface area contributed by atoms with E-state index in [2.05, 4.69) is 11.8 Å². The van der Waals surface area contributed by atoms with Gasteiger partial charge >= 0.3 is 0 Å². The maximum atomic E-state index is 12.0. The minimum absolute atomic E-state index is 0.0285. The lowest BCUT2D eigenvalue weighted by Crippen LogP contribution is -2.26. The van der Waals surface area contributed by atoms with Gasteiger partial charge in [0.25, 0.3) is 0 Å². The van der Waals surface area contributed by atoms with E-state index in [1.807, 2.05) is 0 Å². The molecule has 0 unspecified atom stereocenters. The SMILES string of the molecule is CCN(C)S(=O)(=O)c1ccc(C#CCCO)cc1. The normalized spacial score (nSPS) is 11.1. The van der Waals surface area contributed by atoms with Crippen LogP contribution in [0.2, 0.25) is 0 Å². The molecule has 0 aliphatic rings. The predicted octanol–water partition coefficient (Wildman–Crippen LogP) is 1.06. The summed E-state index contributed by atoms with van der Waals surface area (Å²) in [5, 5.41) is 8.60. The summed E-state index contributed by atoms with van der Waals surface area (Å²) in [6.45, 7) is 2.24. The van der Waals surface area contributed by atoms with Crippen LogP contribution in [0.15, 0.2) is 29.2 Å². The molecule has 0 amide bonds. The van der Waals surface area contributed by atoms with Crippen molar-refractivity contribution in [1.82, 2.24) is 4.31 Å². The van der Waals surface area contributed by atoms with E-state index >= 15 is 0 Å². The van der Waals surface area contributed by atoms with Crippen LogP contribution in [-0.2, 0) is 10.0 Å². The van der Waals surface area contributed by atoms with E-state index in [1.165, 1.54) is 4.31 Å². The standard InChI is InChI=1S/C13H17NO3S/c1-3-14(2)18(16,17)13-9-7-12(8-10-13)6-4-5-11-15/h7-10,15H,3,5,11H2,1-2H3. The molecule has 0 aromatic heterocycles. The van der Waals surface area contributed by atoms with Crippen LogP contribution in [0.1, 0.15) is 18.9 Å². The first-order chi connectivity index (χ1) is 8.52. The lowest BCUT2D eigenvalue weighted by molar-refractivity contribution is 0.305. The molecular weight excluding hydrogens is 250 g/mol. The van der Waals surface area contributed by atoms with Gasteiger partial charge in [-0.05, 0) is 24.3 Å². The Morgan fingerprint density at radius 3 is 2.39 bits per heavy atom. The van der Waals surface area contributed by atoms with Gasteiger partial charge in [0, 0.05) is 25.6 Å². The fraction of sp³-hybridized carbons (Fsp3) is 0.385. The number of hydrogen-bond acceptors (Lipinski definition) is 3. The van der Waals surface area contributed by atoms with Gasteiger partial charge < -0.3 is 5.11 Å². The Balaban J connectivity index is 2.94. The molecule has 18 heavy (non-hydrogen) atoms. The lowest BCUT2D eigenvalue weighted by atomic mass is 10.2. The monoisotopic (exact) mass is 267 g/mol. The van der Waals surface area contributed by atoms with Gasteiger partial charge in [0.1, 0.15) is 0 Å². The van der Waals surface area contributed by atoms with E-state index < -0.39 is 10.0 Å². The highest BCUT2D eigenvalue weighted by atomic mass is 32.2. The second-order valence-electron chi connectivity index (χ2n) is 3.72. The van der Waals surface area contributed by atoms with E-state index in [-0.39, 0.29) is 11.5 Å². The summed E-state index contributed by atoms with van der Waals surface area (Å²) in [6, 6.07) is 6.43. The molecule has 4 nitrogen and oxygen atoms in total. The number of aliphatic hydroxyl groups excluding tert-OH is 1. The molecule has 1 rings (SSSR count). The third kappa shape index (κ3) is 3.57. The van der Waals surface area contributed by atoms with Gasteiger partial charge in [-0.25, -0.2) is 12.7 Å². The molecule has 0 aliphatic carbocycles. The molecular formula is C13H17NO3S. The average Bonchev–Trinajstić information content (AvgIpc) is 2.38. The summed E-state index contributed by atoms with van der Waals surface area (Å²) >= 11 is 0. The van der Waals surface area contributed by atoms with Crippen LogP contribution in [0.4, 0.5) is 0 Å². The topological polar surface area (TPSA) is 57.6 Å². The average molecular weight is 267 g/mol. The minimum atomic E-state index is -3.39. The number of sulfonamides is 1. The number of benzene rings is 1. The van der Waals surface area contributed by atoms with Gasteiger partial charge in [-0.2, -0.15) is 0 Å². The van der Waals surface area contributed by atoms with Crippen LogP contribution in [0.5, 0.6) is 0 Å². The summed E-state index contributed by atoms with van der Waals surface area (Å²) in [6.07, 6.45) is 0.415. The summed E-state index contributed by atoms with van der Waals surface area (Å²) < 4.78 is 25.3. The summed E-state index contributed by atoms with van der Waals surface area (Å²) in [5.74, 6) is 5.63. The van der Waals surface area contributed by atoms with E-state index in [1.54, 1.807) is 38.2 Å². The highest BCUT2D eigenvalue weighted by Crippen LogP contribution is 2.14. The maximum absolute atomic E-state index is 12.0. The van der Waals surface area contributed by atoms with Crippen molar-refractivity contribution in [1.29, 1.82) is 0 Å². The van der Waals surface area contributed by atoms with Crippen molar-refractivity contribution < 1.29 is 13.5 Å². The Morgan fingerprint density at radius 2 is 1.89 bits per heavy atom. The first-order valence-corrected chi connectivity index (χ1v) is 7.12. The lowest BCUT2D eigenvalue weighted by Gasteiger charge is -2.14. The van der Waals surface area contributed by atoms with Crippen molar-refractivity contribution in [2.75, 3.05) is 20.2 Å². The largest absolute Gasteiger partial charge is 0.395 e. The first-order valence-electron chi connectivity index (χ1n) is 5.68. The molecule has 0 aliphatic heterocycles. The summed E-state index contributed by atoms with van der Waals surface area (Å²) in [5.41, 5.74) is 0.738. The van der Waals surface area contributed by atoms with Crippen LogP contribution in [0.25, 0.3) is 0 Å². The van der Waals surface area contributed by atoms with Crippen molar-refractivity contribution in [2.45, 2.75) is 18.2 Å². The molecule has 0 fully saturated rings. The number of hydrogen-bond donors (Lipinski definition) is 1. The second-order valence-corrected chi connectivity index (χ2v) is 5.76. The summed E-state index contributed by atoms with van der Waals surface area (Å²) in [7, 11) is -1.84.